The zero-order valence-electron chi connectivity index (χ0n) is 12.0. The molecule has 1 N–H and O–H groups in total. The predicted molar refractivity (Wildman–Crippen MR) is 74.3 cm³/mol. The molecule has 6 heteroatoms. The lowest BCUT2D eigenvalue weighted by molar-refractivity contribution is 0.135. The van der Waals surface area contributed by atoms with Crippen molar-refractivity contribution in [3.05, 3.63) is 32.6 Å². The molecule has 2 atom stereocenters. The molecule has 1 aliphatic rings. The van der Waals surface area contributed by atoms with Crippen LogP contribution in [0.2, 0.25) is 0 Å². The first-order valence-corrected chi connectivity index (χ1v) is 6.63. The Kier molecular flexibility index (Phi) is 3.91. The highest BCUT2D eigenvalue weighted by Crippen LogP contribution is 2.10. The molecular weight excluding hydrogens is 244 g/mol. The van der Waals surface area contributed by atoms with Crippen molar-refractivity contribution >= 4 is 0 Å². The highest BCUT2D eigenvalue weighted by molar-refractivity contribution is 5.03. The summed E-state index contributed by atoms with van der Waals surface area (Å²) in [6.45, 7) is 6.78. The predicted octanol–water partition coefficient (Wildman–Crippen LogP) is -0.734. The molecule has 2 heterocycles. The van der Waals surface area contributed by atoms with Crippen LogP contribution in [-0.2, 0) is 20.6 Å². The molecule has 0 aromatic carbocycles. The van der Waals surface area contributed by atoms with E-state index in [1.165, 1.54) is 7.05 Å². The van der Waals surface area contributed by atoms with Gasteiger partial charge in [-0.15, -0.1) is 0 Å². The van der Waals surface area contributed by atoms with E-state index in [4.69, 9.17) is 0 Å². The Balaban J connectivity index is 2.29. The summed E-state index contributed by atoms with van der Waals surface area (Å²) in [6, 6.07) is 2.39. The van der Waals surface area contributed by atoms with E-state index in [0.717, 1.165) is 23.4 Å². The van der Waals surface area contributed by atoms with Gasteiger partial charge in [-0.25, -0.2) is 4.79 Å². The van der Waals surface area contributed by atoms with Gasteiger partial charge in [0, 0.05) is 57.6 Å². The van der Waals surface area contributed by atoms with Gasteiger partial charge in [0.25, 0.3) is 5.56 Å². The lowest BCUT2D eigenvalue weighted by Gasteiger charge is -2.37. The monoisotopic (exact) mass is 266 g/mol. The standard InChI is InChI=1S/C13H22N4O2/c1-9-7-17(10(2)6-14-9)8-11-5-12(18)16(4)13(19)15(11)3/h5,9-10,14H,6-8H2,1-4H3. The molecule has 1 fully saturated rings. The molecule has 2 unspecified atom stereocenters. The number of nitrogens with one attached hydrogen (secondary N) is 1. The van der Waals surface area contributed by atoms with Crippen LogP contribution < -0.4 is 16.6 Å². The van der Waals surface area contributed by atoms with Gasteiger partial charge in [0.1, 0.15) is 0 Å². The van der Waals surface area contributed by atoms with Gasteiger partial charge in [-0.05, 0) is 13.8 Å². The van der Waals surface area contributed by atoms with Crippen LogP contribution in [0, 0.1) is 0 Å². The van der Waals surface area contributed by atoms with Gasteiger partial charge in [0.05, 0.1) is 0 Å². The van der Waals surface area contributed by atoms with Crippen molar-refractivity contribution in [3.63, 3.8) is 0 Å². The third-order valence-electron chi connectivity index (χ3n) is 3.88. The lowest BCUT2D eigenvalue weighted by atomic mass is 10.1. The van der Waals surface area contributed by atoms with Gasteiger partial charge in [0.15, 0.2) is 0 Å². The molecule has 2 rings (SSSR count). The summed E-state index contributed by atoms with van der Waals surface area (Å²) < 4.78 is 2.69. The third kappa shape index (κ3) is 2.79. The number of piperazine rings is 1. The van der Waals surface area contributed by atoms with Crippen molar-refractivity contribution in [3.8, 4) is 0 Å². The van der Waals surface area contributed by atoms with Crippen molar-refractivity contribution in [2.24, 2.45) is 14.1 Å². The van der Waals surface area contributed by atoms with Gasteiger partial charge in [-0.2, -0.15) is 0 Å². The third-order valence-corrected chi connectivity index (χ3v) is 3.88. The van der Waals surface area contributed by atoms with E-state index < -0.39 is 0 Å². The van der Waals surface area contributed by atoms with Crippen LogP contribution in [0.25, 0.3) is 0 Å². The van der Waals surface area contributed by atoms with Gasteiger partial charge in [0.2, 0.25) is 0 Å². The summed E-state index contributed by atoms with van der Waals surface area (Å²) in [5.74, 6) is 0. The molecule has 1 saturated heterocycles. The van der Waals surface area contributed by atoms with E-state index in [1.54, 1.807) is 17.7 Å². The first-order valence-electron chi connectivity index (χ1n) is 6.63. The van der Waals surface area contributed by atoms with Crippen LogP contribution in [0.5, 0.6) is 0 Å². The van der Waals surface area contributed by atoms with E-state index >= 15 is 0 Å². The Morgan fingerprint density at radius 3 is 2.63 bits per heavy atom. The van der Waals surface area contributed by atoms with Crippen LogP contribution >= 0.6 is 0 Å². The summed E-state index contributed by atoms with van der Waals surface area (Å²) in [5.41, 5.74) is 0.265. The van der Waals surface area contributed by atoms with Crippen LogP contribution in [0.3, 0.4) is 0 Å². The average Bonchev–Trinajstić information content (AvgIpc) is 2.37. The summed E-state index contributed by atoms with van der Waals surface area (Å²) in [4.78, 5) is 25.9. The topological polar surface area (TPSA) is 59.3 Å². The van der Waals surface area contributed by atoms with Crippen LogP contribution in [-0.4, -0.2) is 39.2 Å². The second kappa shape index (κ2) is 5.30. The van der Waals surface area contributed by atoms with E-state index in [9.17, 15) is 9.59 Å². The van der Waals surface area contributed by atoms with Gasteiger partial charge < -0.3 is 5.32 Å². The maximum Gasteiger partial charge on any atom is 0.330 e. The molecule has 106 valence electrons. The molecule has 1 aliphatic heterocycles. The highest BCUT2D eigenvalue weighted by atomic mass is 16.2. The van der Waals surface area contributed by atoms with E-state index in [-0.39, 0.29) is 11.2 Å². The fourth-order valence-corrected chi connectivity index (χ4v) is 2.46. The van der Waals surface area contributed by atoms with Crippen molar-refractivity contribution in [1.82, 2.24) is 19.4 Å². The SMILES string of the molecule is CC1CN(Cc2cc(=O)n(C)c(=O)n2C)C(C)CN1. The minimum Gasteiger partial charge on any atom is -0.311 e. The normalized spacial score (nSPS) is 24.6. The van der Waals surface area contributed by atoms with Gasteiger partial charge in [-0.1, -0.05) is 0 Å². The molecule has 0 amide bonds. The molecule has 1 aromatic heterocycles. The Morgan fingerprint density at radius 2 is 1.95 bits per heavy atom. The van der Waals surface area contributed by atoms with Crippen LogP contribution in [0.1, 0.15) is 19.5 Å². The van der Waals surface area contributed by atoms with E-state index in [1.807, 2.05) is 0 Å². The molecular formula is C13H22N4O2. The van der Waals surface area contributed by atoms with Crippen LogP contribution in [0.15, 0.2) is 15.7 Å². The van der Waals surface area contributed by atoms with Gasteiger partial charge in [-0.3, -0.25) is 18.8 Å². The largest absolute Gasteiger partial charge is 0.330 e. The van der Waals surface area contributed by atoms with Crippen molar-refractivity contribution < 1.29 is 0 Å². The number of aromatic nitrogens is 2. The molecule has 6 nitrogen and oxygen atoms in total. The molecule has 0 aliphatic carbocycles. The second-order valence-corrected chi connectivity index (χ2v) is 5.46. The Morgan fingerprint density at radius 1 is 1.26 bits per heavy atom. The number of rotatable bonds is 2. The van der Waals surface area contributed by atoms with Crippen molar-refractivity contribution in [2.75, 3.05) is 13.1 Å². The zero-order valence-corrected chi connectivity index (χ0v) is 12.0. The maximum atomic E-state index is 11.9. The summed E-state index contributed by atoms with van der Waals surface area (Å²) >= 11 is 0. The van der Waals surface area contributed by atoms with Crippen LogP contribution in [0.4, 0.5) is 0 Å². The minimum absolute atomic E-state index is 0.242. The number of nitrogens with zero attached hydrogens (tertiary/aromatic N) is 3. The molecule has 19 heavy (non-hydrogen) atoms. The molecule has 0 radical (unpaired) electrons. The average molecular weight is 266 g/mol. The summed E-state index contributed by atoms with van der Waals surface area (Å²) in [5, 5.41) is 3.42. The molecule has 0 saturated carbocycles. The van der Waals surface area contributed by atoms with Gasteiger partial charge >= 0.3 is 5.69 Å². The summed E-state index contributed by atoms with van der Waals surface area (Å²) in [7, 11) is 3.22. The number of hydrogen-bond acceptors (Lipinski definition) is 4. The van der Waals surface area contributed by atoms with Crippen molar-refractivity contribution in [2.45, 2.75) is 32.5 Å². The first-order chi connectivity index (χ1) is 8.90. The Hall–Kier alpha value is -1.40. The quantitative estimate of drug-likeness (QED) is 0.766. The molecule has 0 spiro atoms. The van der Waals surface area contributed by atoms with E-state index in [2.05, 4.69) is 24.1 Å². The fourth-order valence-electron chi connectivity index (χ4n) is 2.46. The highest BCUT2D eigenvalue weighted by Gasteiger charge is 2.23. The first kappa shape index (κ1) is 14.0. The lowest BCUT2D eigenvalue weighted by Crippen LogP contribution is -2.54. The summed E-state index contributed by atoms with van der Waals surface area (Å²) in [6.07, 6.45) is 0. The number of hydrogen-bond donors (Lipinski definition) is 1. The van der Waals surface area contributed by atoms with E-state index in [0.29, 0.717) is 18.6 Å². The molecule has 0 bridgehead atoms. The smallest absolute Gasteiger partial charge is 0.311 e. The van der Waals surface area contributed by atoms with Crippen molar-refractivity contribution in [1.29, 1.82) is 0 Å². The maximum absolute atomic E-state index is 11.9. The zero-order chi connectivity index (χ0) is 14.2. The Labute approximate surface area is 112 Å². The minimum atomic E-state index is -0.265. The molecule has 1 aromatic rings. The fraction of sp³-hybridized carbons (Fsp3) is 0.692. The second-order valence-electron chi connectivity index (χ2n) is 5.46. The Bertz CT molecular complexity index is 575.